The van der Waals surface area contributed by atoms with Crippen LogP contribution in [0.5, 0.6) is 0 Å². The quantitative estimate of drug-likeness (QED) is 0.761. The van der Waals surface area contributed by atoms with Crippen molar-refractivity contribution in [3.05, 3.63) is 83.9 Å². The Morgan fingerprint density at radius 3 is 2.40 bits per heavy atom. The molecule has 0 spiro atoms. The smallest absolute Gasteiger partial charge is 0.320 e. The minimum atomic E-state index is -0.826. The average Bonchev–Trinajstić information content (AvgIpc) is 3.01. The second kappa shape index (κ2) is 7.12. The summed E-state index contributed by atoms with van der Waals surface area (Å²) in [5, 5.41) is 5.08. The van der Waals surface area contributed by atoms with Crippen molar-refractivity contribution >= 4 is 11.7 Å². The number of benzene rings is 2. The van der Waals surface area contributed by atoms with Gasteiger partial charge < -0.3 is 15.2 Å². The summed E-state index contributed by atoms with van der Waals surface area (Å²) in [6.45, 7) is 0. The Morgan fingerprint density at radius 2 is 1.76 bits per heavy atom. The number of nitrogens with one attached hydrogen (secondary N) is 2. The molecule has 1 unspecified atom stereocenters. The lowest BCUT2D eigenvalue weighted by molar-refractivity contribution is 0.249. The molecule has 1 atom stereocenters. The molecule has 0 aliphatic rings. The van der Waals surface area contributed by atoms with Gasteiger partial charge in [0.1, 0.15) is 23.5 Å². The Bertz CT molecular complexity index is 894. The molecule has 3 aromatic rings. The molecule has 0 bridgehead atoms. The molecule has 0 fully saturated rings. The van der Waals surface area contributed by atoms with E-state index in [0.29, 0.717) is 5.82 Å². The zero-order chi connectivity index (χ0) is 17.8. The van der Waals surface area contributed by atoms with E-state index in [9.17, 15) is 13.6 Å². The molecule has 0 radical (unpaired) electrons. The highest BCUT2D eigenvalue weighted by molar-refractivity contribution is 5.89. The number of aromatic nitrogens is 2. The molecule has 2 amide bonds. The molecule has 0 aliphatic heterocycles. The van der Waals surface area contributed by atoms with Gasteiger partial charge in [-0.2, -0.15) is 0 Å². The van der Waals surface area contributed by atoms with Gasteiger partial charge >= 0.3 is 6.03 Å². The first-order valence-corrected chi connectivity index (χ1v) is 7.60. The van der Waals surface area contributed by atoms with Gasteiger partial charge in [-0.25, -0.2) is 18.6 Å². The Labute approximate surface area is 143 Å². The summed E-state index contributed by atoms with van der Waals surface area (Å²) in [5.41, 5.74) is 0.299. The number of hydrogen-bond acceptors (Lipinski definition) is 2. The zero-order valence-corrected chi connectivity index (χ0v) is 13.4. The van der Waals surface area contributed by atoms with Crippen molar-refractivity contribution in [3.63, 3.8) is 0 Å². The van der Waals surface area contributed by atoms with E-state index in [1.54, 1.807) is 48.3 Å². The van der Waals surface area contributed by atoms with E-state index in [0.717, 1.165) is 0 Å². The van der Waals surface area contributed by atoms with Crippen molar-refractivity contribution in [3.8, 4) is 0 Å². The summed E-state index contributed by atoms with van der Waals surface area (Å²) in [6.07, 6.45) is 3.25. The standard InChI is InChI=1S/C18H16F2N4O/c1-24-11-10-21-17(24)16(12-6-2-3-7-13(12)19)23-18(25)22-15-9-5-4-8-14(15)20/h2-11,16H,1H3,(H2,22,23,25). The normalized spacial score (nSPS) is 11.8. The Hall–Kier alpha value is -3.22. The maximum absolute atomic E-state index is 14.2. The maximum Gasteiger partial charge on any atom is 0.320 e. The van der Waals surface area contributed by atoms with Crippen molar-refractivity contribution in [2.75, 3.05) is 5.32 Å². The van der Waals surface area contributed by atoms with E-state index >= 15 is 0 Å². The predicted molar refractivity (Wildman–Crippen MR) is 90.0 cm³/mol. The van der Waals surface area contributed by atoms with Crippen LogP contribution in [0, 0.1) is 11.6 Å². The van der Waals surface area contributed by atoms with Crippen LogP contribution in [-0.4, -0.2) is 15.6 Å². The first-order chi connectivity index (χ1) is 12.1. The summed E-state index contributed by atoms with van der Waals surface area (Å²) < 4.78 is 29.6. The molecule has 3 rings (SSSR count). The lowest BCUT2D eigenvalue weighted by atomic mass is 10.1. The summed E-state index contributed by atoms with van der Waals surface area (Å²) in [7, 11) is 1.74. The second-order valence-electron chi connectivity index (χ2n) is 5.43. The van der Waals surface area contributed by atoms with Crippen LogP contribution in [0.3, 0.4) is 0 Å². The van der Waals surface area contributed by atoms with Gasteiger partial charge in [0.15, 0.2) is 0 Å². The van der Waals surface area contributed by atoms with Gasteiger partial charge in [0.25, 0.3) is 0 Å². The molecular weight excluding hydrogens is 326 g/mol. The monoisotopic (exact) mass is 342 g/mol. The van der Waals surface area contributed by atoms with E-state index < -0.39 is 23.7 Å². The van der Waals surface area contributed by atoms with Crippen LogP contribution in [0.2, 0.25) is 0 Å². The number of carbonyl (C=O) groups is 1. The van der Waals surface area contributed by atoms with Crippen LogP contribution in [0.4, 0.5) is 19.3 Å². The van der Waals surface area contributed by atoms with Gasteiger partial charge in [0.2, 0.25) is 0 Å². The number of imidazole rings is 1. The Balaban J connectivity index is 1.88. The van der Waals surface area contributed by atoms with Crippen molar-refractivity contribution < 1.29 is 13.6 Å². The number of para-hydroxylation sites is 1. The highest BCUT2D eigenvalue weighted by atomic mass is 19.1. The lowest BCUT2D eigenvalue weighted by Crippen LogP contribution is -2.35. The molecular formula is C18H16F2N4O. The average molecular weight is 342 g/mol. The number of carbonyl (C=O) groups excluding carboxylic acids is 1. The highest BCUT2D eigenvalue weighted by Gasteiger charge is 2.23. The largest absolute Gasteiger partial charge is 0.336 e. The summed E-state index contributed by atoms with van der Waals surface area (Å²) in [6, 6.07) is 10.4. The van der Waals surface area contributed by atoms with Crippen LogP contribution in [0.15, 0.2) is 60.9 Å². The SMILES string of the molecule is Cn1ccnc1C(NC(=O)Nc1ccccc1F)c1ccccc1F. The fraction of sp³-hybridized carbons (Fsp3) is 0.111. The van der Waals surface area contributed by atoms with E-state index in [4.69, 9.17) is 0 Å². The third-order valence-corrected chi connectivity index (χ3v) is 3.73. The topological polar surface area (TPSA) is 59.0 Å². The zero-order valence-electron chi connectivity index (χ0n) is 13.4. The summed E-state index contributed by atoms with van der Waals surface area (Å²) in [4.78, 5) is 16.5. The third-order valence-electron chi connectivity index (χ3n) is 3.73. The lowest BCUT2D eigenvalue weighted by Gasteiger charge is -2.20. The first kappa shape index (κ1) is 16.6. The van der Waals surface area contributed by atoms with Crippen molar-refractivity contribution in [2.45, 2.75) is 6.04 Å². The second-order valence-corrected chi connectivity index (χ2v) is 5.43. The molecule has 25 heavy (non-hydrogen) atoms. The molecule has 0 saturated heterocycles. The number of urea groups is 1. The number of anilines is 1. The number of aryl methyl sites for hydroxylation is 1. The van der Waals surface area contributed by atoms with E-state index in [1.165, 1.54) is 24.3 Å². The van der Waals surface area contributed by atoms with Crippen LogP contribution < -0.4 is 10.6 Å². The van der Waals surface area contributed by atoms with Gasteiger partial charge in [0, 0.05) is 25.0 Å². The van der Waals surface area contributed by atoms with E-state index in [1.807, 2.05) is 0 Å². The molecule has 5 nitrogen and oxygen atoms in total. The van der Waals surface area contributed by atoms with E-state index in [-0.39, 0.29) is 11.3 Å². The fourth-order valence-electron chi connectivity index (χ4n) is 2.50. The van der Waals surface area contributed by atoms with Gasteiger partial charge in [-0.15, -0.1) is 0 Å². The molecule has 0 aliphatic carbocycles. The fourth-order valence-corrected chi connectivity index (χ4v) is 2.50. The van der Waals surface area contributed by atoms with Gasteiger partial charge in [-0.1, -0.05) is 30.3 Å². The van der Waals surface area contributed by atoms with Crippen molar-refractivity contribution in [2.24, 2.45) is 7.05 Å². The summed E-state index contributed by atoms with van der Waals surface area (Å²) in [5.74, 6) is -0.576. The van der Waals surface area contributed by atoms with Crippen LogP contribution in [0.25, 0.3) is 0 Å². The highest BCUT2D eigenvalue weighted by Crippen LogP contribution is 2.23. The number of halogens is 2. The Morgan fingerprint density at radius 1 is 1.08 bits per heavy atom. The van der Waals surface area contributed by atoms with Gasteiger partial charge in [-0.05, 0) is 18.2 Å². The van der Waals surface area contributed by atoms with Crippen LogP contribution in [-0.2, 0) is 7.05 Å². The van der Waals surface area contributed by atoms with Gasteiger partial charge in [-0.3, -0.25) is 0 Å². The van der Waals surface area contributed by atoms with Gasteiger partial charge in [0.05, 0.1) is 5.69 Å². The molecule has 2 N–H and O–H groups in total. The maximum atomic E-state index is 14.2. The Kier molecular flexibility index (Phi) is 4.74. The molecule has 2 aromatic carbocycles. The van der Waals surface area contributed by atoms with Crippen LogP contribution in [0.1, 0.15) is 17.4 Å². The first-order valence-electron chi connectivity index (χ1n) is 7.60. The summed E-state index contributed by atoms with van der Waals surface area (Å²) >= 11 is 0. The number of amides is 2. The van der Waals surface area contributed by atoms with Crippen molar-refractivity contribution in [1.82, 2.24) is 14.9 Å². The van der Waals surface area contributed by atoms with Crippen LogP contribution >= 0.6 is 0 Å². The number of rotatable bonds is 4. The number of hydrogen-bond donors (Lipinski definition) is 2. The molecule has 0 saturated carbocycles. The molecule has 128 valence electrons. The minimum Gasteiger partial charge on any atom is -0.336 e. The third kappa shape index (κ3) is 3.65. The van der Waals surface area contributed by atoms with Crippen molar-refractivity contribution in [1.29, 1.82) is 0 Å². The molecule has 7 heteroatoms. The van der Waals surface area contributed by atoms with E-state index in [2.05, 4.69) is 15.6 Å². The molecule has 1 aromatic heterocycles. The predicted octanol–water partition coefficient (Wildman–Crippen LogP) is 3.61. The molecule has 1 heterocycles. The number of nitrogens with zero attached hydrogens (tertiary/aromatic N) is 2. The minimum absolute atomic E-state index is 0.0344.